The first-order chi connectivity index (χ1) is 12.5. The summed E-state index contributed by atoms with van der Waals surface area (Å²) in [5.41, 5.74) is 1.02. The molecule has 2 aromatic carbocycles. The molecule has 0 bridgehead atoms. The molecule has 1 atom stereocenters. The van der Waals surface area contributed by atoms with E-state index >= 15 is 0 Å². The minimum atomic E-state index is -1.56. The van der Waals surface area contributed by atoms with Gasteiger partial charge in [0.25, 0.3) is 11.8 Å². The van der Waals surface area contributed by atoms with E-state index in [9.17, 15) is 14.4 Å². The van der Waals surface area contributed by atoms with Crippen LogP contribution in [0.15, 0.2) is 65.7 Å². The summed E-state index contributed by atoms with van der Waals surface area (Å²) >= 11 is 0. The first-order valence-corrected chi connectivity index (χ1v) is 8.38. The zero-order chi connectivity index (χ0) is 18.5. The van der Waals surface area contributed by atoms with Crippen LogP contribution in [0.4, 0.5) is 0 Å². The number of benzene rings is 2. The van der Waals surface area contributed by atoms with Crippen LogP contribution in [0.3, 0.4) is 0 Å². The fraction of sp³-hybridized carbons (Fsp3) is 0.190. The Balaban J connectivity index is 1.90. The largest absolute Gasteiger partial charge is 0.436 e. The Kier molecular flexibility index (Phi) is 3.54. The van der Waals surface area contributed by atoms with Crippen molar-refractivity contribution in [3.63, 3.8) is 0 Å². The summed E-state index contributed by atoms with van der Waals surface area (Å²) in [6.07, 6.45) is 0. The predicted molar refractivity (Wildman–Crippen MR) is 93.9 cm³/mol. The lowest BCUT2D eigenvalue weighted by Gasteiger charge is -2.39. The number of esters is 1. The molecule has 130 valence electrons. The van der Waals surface area contributed by atoms with E-state index in [1.54, 1.807) is 38.1 Å². The van der Waals surface area contributed by atoms with E-state index in [0.717, 1.165) is 5.56 Å². The van der Waals surface area contributed by atoms with Gasteiger partial charge in [-0.2, -0.15) is 0 Å². The number of amides is 2. The van der Waals surface area contributed by atoms with E-state index in [1.807, 2.05) is 30.3 Å². The number of imide groups is 1. The topological polar surface area (TPSA) is 63.7 Å². The van der Waals surface area contributed by atoms with E-state index in [2.05, 4.69) is 0 Å². The van der Waals surface area contributed by atoms with Crippen LogP contribution in [0, 0.1) is 0 Å². The van der Waals surface area contributed by atoms with E-state index < -0.39 is 17.5 Å². The van der Waals surface area contributed by atoms with Crippen LogP contribution in [-0.4, -0.2) is 22.7 Å². The summed E-state index contributed by atoms with van der Waals surface area (Å²) in [6, 6.07) is 16.1. The van der Waals surface area contributed by atoms with Crippen LogP contribution < -0.4 is 0 Å². The van der Waals surface area contributed by atoms with Gasteiger partial charge in [0, 0.05) is 16.7 Å². The predicted octanol–water partition coefficient (Wildman–Crippen LogP) is 2.96. The van der Waals surface area contributed by atoms with E-state index in [0.29, 0.717) is 22.3 Å². The fourth-order valence-electron chi connectivity index (χ4n) is 3.60. The number of rotatable bonds is 2. The summed E-state index contributed by atoms with van der Waals surface area (Å²) in [4.78, 5) is 39.8. The molecule has 26 heavy (non-hydrogen) atoms. The molecular formula is C21H17NO4. The highest BCUT2D eigenvalue weighted by Crippen LogP contribution is 2.46. The maximum Gasteiger partial charge on any atom is 0.335 e. The first kappa shape index (κ1) is 16.3. The van der Waals surface area contributed by atoms with Gasteiger partial charge in [0.05, 0.1) is 6.54 Å². The first-order valence-electron chi connectivity index (χ1n) is 8.38. The average Bonchev–Trinajstić information content (AvgIpc) is 2.89. The van der Waals surface area contributed by atoms with Crippen molar-refractivity contribution in [2.45, 2.75) is 26.0 Å². The lowest BCUT2D eigenvalue weighted by Crippen LogP contribution is -2.55. The second kappa shape index (κ2) is 5.66. The summed E-state index contributed by atoms with van der Waals surface area (Å²) in [7, 11) is 0. The van der Waals surface area contributed by atoms with Gasteiger partial charge >= 0.3 is 5.97 Å². The van der Waals surface area contributed by atoms with Crippen molar-refractivity contribution >= 4 is 17.8 Å². The smallest absolute Gasteiger partial charge is 0.335 e. The van der Waals surface area contributed by atoms with Crippen LogP contribution >= 0.6 is 0 Å². The second-order valence-electron chi connectivity index (χ2n) is 6.55. The monoisotopic (exact) mass is 347 g/mol. The SMILES string of the molecule is CC1=C(C)C2(OC1=O)C(=O)N(Cc1ccccc1)C(=O)c1ccccc12. The molecule has 0 aliphatic carbocycles. The van der Waals surface area contributed by atoms with Crippen molar-refractivity contribution in [2.24, 2.45) is 0 Å². The van der Waals surface area contributed by atoms with E-state index in [4.69, 9.17) is 4.74 Å². The highest BCUT2D eigenvalue weighted by Gasteiger charge is 2.58. The maximum absolute atomic E-state index is 13.4. The molecule has 2 aromatic rings. The Bertz CT molecular complexity index is 977. The molecule has 0 radical (unpaired) electrons. The number of hydrogen-bond donors (Lipinski definition) is 0. The molecule has 1 spiro atoms. The molecular weight excluding hydrogens is 330 g/mol. The molecule has 2 amide bonds. The Labute approximate surface area is 150 Å². The van der Waals surface area contributed by atoms with Gasteiger partial charge in [0.15, 0.2) is 0 Å². The van der Waals surface area contributed by atoms with Crippen LogP contribution in [0.1, 0.15) is 35.3 Å². The van der Waals surface area contributed by atoms with Crippen molar-refractivity contribution in [3.05, 3.63) is 82.4 Å². The van der Waals surface area contributed by atoms with Gasteiger partial charge in [0.2, 0.25) is 5.60 Å². The molecule has 0 N–H and O–H groups in total. The van der Waals surface area contributed by atoms with E-state index in [-0.39, 0.29) is 12.5 Å². The van der Waals surface area contributed by atoms with Gasteiger partial charge in [-0.15, -0.1) is 0 Å². The lowest BCUT2D eigenvalue weighted by atomic mass is 9.79. The van der Waals surface area contributed by atoms with Crippen molar-refractivity contribution < 1.29 is 19.1 Å². The summed E-state index contributed by atoms with van der Waals surface area (Å²) in [6.45, 7) is 3.48. The minimum Gasteiger partial charge on any atom is -0.436 e. The van der Waals surface area contributed by atoms with Gasteiger partial charge in [0.1, 0.15) is 0 Å². The van der Waals surface area contributed by atoms with Crippen LogP contribution in [0.5, 0.6) is 0 Å². The highest BCUT2D eigenvalue weighted by molar-refractivity contribution is 6.16. The Morgan fingerprint density at radius 3 is 2.23 bits per heavy atom. The molecule has 2 aliphatic rings. The molecule has 5 heteroatoms. The molecule has 5 nitrogen and oxygen atoms in total. The van der Waals surface area contributed by atoms with Crippen molar-refractivity contribution in [1.82, 2.24) is 4.90 Å². The van der Waals surface area contributed by atoms with Gasteiger partial charge < -0.3 is 4.74 Å². The lowest BCUT2D eigenvalue weighted by molar-refractivity contribution is -0.164. The zero-order valence-corrected chi connectivity index (χ0v) is 14.5. The third-order valence-electron chi connectivity index (χ3n) is 5.15. The second-order valence-corrected chi connectivity index (χ2v) is 6.55. The number of fused-ring (bicyclic) bond motifs is 2. The number of carbonyl (C=O) groups is 3. The Hall–Kier alpha value is -3.21. The van der Waals surface area contributed by atoms with Crippen LogP contribution in [0.25, 0.3) is 0 Å². The number of ether oxygens (including phenoxy) is 1. The third kappa shape index (κ3) is 2.07. The molecule has 4 rings (SSSR count). The maximum atomic E-state index is 13.4. The Morgan fingerprint density at radius 1 is 0.923 bits per heavy atom. The third-order valence-corrected chi connectivity index (χ3v) is 5.15. The van der Waals surface area contributed by atoms with Crippen LogP contribution in [0.2, 0.25) is 0 Å². The highest BCUT2D eigenvalue weighted by atomic mass is 16.6. The fourth-order valence-corrected chi connectivity index (χ4v) is 3.60. The molecule has 0 aromatic heterocycles. The number of nitrogens with zero attached hydrogens (tertiary/aromatic N) is 1. The molecule has 0 fully saturated rings. The van der Waals surface area contributed by atoms with Gasteiger partial charge in [-0.05, 0) is 31.1 Å². The minimum absolute atomic E-state index is 0.123. The van der Waals surface area contributed by atoms with Crippen LogP contribution in [-0.2, 0) is 26.5 Å². The molecule has 0 saturated carbocycles. The van der Waals surface area contributed by atoms with Gasteiger partial charge in [-0.3, -0.25) is 14.5 Å². The number of carbonyl (C=O) groups excluding carboxylic acids is 3. The van der Waals surface area contributed by atoms with Gasteiger partial charge in [-0.1, -0.05) is 48.5 Å². The molecule has 1 unspecified atom stereocenters. The quantitative estimate of drug-likeness (QED) is 0.619. The average molecular weight is 347 g/mol. The van der Waals surface area contributed by atoms with Crippen molar-refractivity contribution in [1.29, 1.82) is 0 Å². The molecule has 2 aliphatic heterocycles. The summed E-state index contributed by atoms with van der Waals surface area (Å²) in [5, 5.41) is 0. The summed E-state index contributed by atoms with van der Waals surface area (Å²) in [5.74, 6) is -1.43. The zero-order valence-electron chi connectivity index (χ0n) is 14.5. The Morgan fingerprint density at radius 2 is 1.58 bits per heavy atom. The van der Waals surface area contributed by atoms with E-state index in [1.165, 1.54) is 4.90 Å². The molecule has 2 heterocycles. The van der Waals surface area contributed by atoms with Crippen molar-refractivity contribution in [3.8, 4) is 0 Å². The normalized spacial score (nSPS) is 22.1. The van der Waals surface area contributed by atoms with Gasteiger partial charge in [-0.25, -0.2) is 4.79 Å². The standard InChI is InChI=1S/C21H17NO4/c1-13-14(2)21(26-19(13)24)17-11-7-6-10-16(17)18(23)22(20(21)25)12-15-8-4-3-5-9-15/h3-11H,12H2,1-2H3. The summed E-state index contributed by atoms with van der Waals surface area (Å²) < 4.78 is 5.61. The number of hydrogen-bond acceptors (Lipinski definition) is 4. The molecule has 0 saturated heterocycles. The van der Waals surface area contributed by atoms with Crippen molar-refractivity contribution in [2.75, 3.05) is 0 Å².